The first-order valence-corrected chi connectivity index (χ1v) is 11.6. The predicted molar refractivity (Wildman–Crippen MR) is 128 cm³/mol. The minimum atomic E-state index is -0.605. The Kier molecular flexibility index (Phi) is 8.17. The number of thioether (sulfide) groups is 1. The van der Waals surface area contributed by atoms with Crippen LogP contribution in [0.5, 0.6) is 0 Å². The van der Waals surface area contributed by atoms with Crippen LogP contribution in [0.1, 0.15) is 59.8 Å². The van der Waals surface area contributed by atoms with Crippen molar-refractivity contribution in [3.8, 4) is 0 Å². The van der Waals surface area contributed by atoms with Crippen LogP contribution < -0.4 is 10.6 Å². The number of nitrogens with zero attached hydrogens (tertiary/aromatic N) is 3. The summed E-state index contributed by atoms with van der Waals surface area (Å²) >= 11 is 1.25. The molecule has 2 atom stereocenters. The van der Waals surface area contributed by atoms with Crippen LogP contribution in [0.25, 0.3) is 0 Å². The molecule has 0 bridgehead atoms. The smallest absolute Gasteiger partial charge is 0.254 e. The predicted octanol–water partition coefficient (Wildman–Crippen LogP) is 4.16. The summed E-state index contributed by atoms with van der Waals surface area (Å²) < 4.78 is 15.6. The molecule has 0 spiro atoms. The van der Waals surface area contributed by atoms with Crippen LogP contribution in [0.15, 0.2) is 53.7 Å². The van der Waals surface area contributed by atoms with Gasteiger partial charge < -0.3 is 15.2 Å². The number of ketones is 1. The van der Waals surface area contributed by atoms with Crippen LogP contribution in [-0.2, 0) is 11.8 Å². The molecule has 0 fully saturated rings. The van der Waals surface area contributed by atoms with Gasteiger partial charge in [0.15, 0.2) is 16.8 Å². The van der Waals surface area contributed by atoms with Gasteiger partial charge in [0.25, 0.3) is 5.91 Å². The molecule has 3 aromatic rings. The molecule has 2 aromatic carbocycles. The third-order valence-electron chi connectivity index (χ3n) is 5.17. The van der Waals surface area contributed by atoms with Gasteiger partial charge in [-0.25, -0.2) is 4.39 Å². The number of carbonyl (C=O) groups excluding carboxylic acids is 3. The van der Waals surface area contributed by atoms with E-state index in [2.05, 4.69) is 20.8 Å². The molecule has 0 aliphatic carbocycles. The molecule has 0 saturated carbocycles. The summed E-state index contributed by atoms with van der Waals surface area (Å²) in [5.41, 5.74) is 1.01. The first-order valence-electron chi connectivity index (χ1n) is 10.7. The number of Topliss-reactive ketones (excluding diaryl/α,β-unsaturated/α-hetero) is 1. The number of hydrogen-bond donors (Lipinski definition) is 2. The van der Waals surface area contributed by atoms with E-state index in [1.165, 1.54) is 36.9 Å². The van der Waals surface area contributed by atoms with E-state index in [1.807, 2.05) is 6.92 Å². The molecule has 8 nitrogen and oxygen atoms in total. The van der Waals surface area contributed by atoms with E-state index < -0.39 is 23.0 Å². The second-order valence-electron chi connectivity index (χ2n) is 7.72. The highest BCUT2D eigenvalue weighted by Gasteiger charge is 2.24. The van der Waals surface area contributed by atoms with Crippen molar-refractivity contribution in [1.29, 1.82) is 0 Å². The maximum atomic E-state index is 13.9. The fourth-order valence-electron chi connectivity index (χ4n) is 3.28. The Morgan fingerprint density at radius 3 is 2.53 bits per heavy atom. The largest absolute Gasteiger partial charge is 0.342 e. The fourth-order valence-corrected chi connectivity index (χ4v) is 4.21. The van der Waals surface area contributed by atoms with Gasteiger partial charge in [-0.3, -0.25) is 14.4 Å². The van der Waals surface area contributed by atoms with Gasteiger partial charge in [-0.1, -0.05) is 43.0 Å². The van der Waals surface area contributed by atoms with Crippen molar-refractivity contribution in [3.05, 3.63) is 71.3 Å². The van der Waals surface area contributed by atoms with E-state index >= 15 is 0 Å². The Labute approximate surface area is 201 Å². The number of carbonyl (C=O) groups is 3. The molecule has 0 saturated heterocycles. The summed E-state index contributed by atoms with van der Waals surface area (Å²) in [5, 5.41) is 14.0. The summed E-state index contributed by atoms with van der Waals surface area (Å²) in [6.07, 6.45) is 0.532. The topological polar surface area (TPSA) is 106 Å². The molecule has 3 rings (SSSR count). The zero-order valence-electron chi connectivity index (χ0n) is 19.3. The lowest BCUT2D eigenvalue weighted by Crippen LogP contribution is -2.29. The first kappa shape index (κ1) is 25.1. The van der Waals surface area contributed by atoms with Crippen molar-refractivity contribution in [2.45, 2.75) is 43.6 Å². The average molecular weight is 484 g/mol. The lowest BCUT2D eigenvalue weighted by molar-refractivity contribution is -0.115. The molecule has 2 N–H and O–H groups in total. The van der Waals surface area contributed by atoms with Crippen LogP contribution in [-0.4, -0.2) is 37.6 Å². The normalized spacial score (nSPS) is 12.6. The third kappa shape index (κ3) is 5.88. The summed E-state index contributed by atoms with van der Waals surface area (Å²) in [5.74, 6) is -0.996. The number of benzene rings is 2. The number of aromatic nitrogens is 3. The highest BCUT2D eigenvalue weighted by molar-refractivity contribution is 8.00. The average Bonchev–Trinajstić information content (AvgIpc) is 3.17. The van der Waals surface area contributed by atoms with Crippen molar-refractivity contribution in [2.75, 3.05) is 5.32 Å². The van der Waals surface area contributed by atoms with Crippen molar-refractivity contribution in [3.63, 3.8) is 0 Å². The van der Waals surface area contributed by atoms with Gasteiger partial charge in [-0.05, 0) is 44.5 Å². The monoisotopic (exact) mass is 483 g/mol. The molecule has 1 heterocycles. The van der Waals surface area contributed by atoms with Gasteiger partial charge in [0.2, 0.25) is 5.91 Å². The molecule has 1 aromatic heterocycles. The molecule has 10 heteroatoms. The molecular formula is C24H26FN5O3S. The Hall–Kier alpha value is -3.53. The maximum absolute atomic E-state index is 13.9. The highest BCUT2D eigenvalue weighted by atomic mass is 32.2. The highest BCUT2D eigenvalue weighted by Crippen LogP contribution is 2.27. The van der Waals surface area contributed by atoms with Crippen LogP contribution in [0.3, 0.4) is 0 Å². The summed E-state index contributed by atoms with van der Waals surface area (Å²) in [4.78, 5) is 36.9. The Morgan fingerprint density at radius 2 is 1.85 bits per heavy atom. The lowest BCUT2D eigenvalue weighted by atomic mass is 10.1. The van der Waals surface area contributed by atoms with E-state index in [4.69, 9.17) is 0 Å². The van der Waals surface area contributed by atoms with Crippen molar-refractivity contribution in [1.82, 2.24) is 20.1 Å². The minimum absolute atomic E-state index is 0.0531. The van der Waals surface area contributed by atoms with Gasteiger partial charge >= 0.3 is 0 Å². The summed E-state index contributed by atoms with van der Waals surface area (Å²) in [6, 6.07) is 12.0. The zero-order valence-corrected chi connectivity index (χ0v) is 20.1. The second kappa shape index (κ2) is 11.1. The standard InChI is InChI=1S/C24H26FN5O3S/c1-5-20(23(33)27-17-10-8-9-16(13-17)15(3)31)34-24-29-28-21(30(24)4)14(2)26-22(32)18-11-6-7-12-19(18)25/h6-14,20H,5H2,1-4H3,(H,26,32)(H,27,33). The Bertz CT molecular complexity index is 1210. The molecule has 178 valence electrons. The van der Waals surface area contributed by atoms with Crippen LogP contribution in [0.2, 0.25) is 0 Å². The molecule has 0 aliphatic heterocycles. The third-order valence-corrected chi connectivity index (χ3v) is 6.57. The summed E-state index contributed by atoms with van der Waals surface area (Å²) in [6.45, 7) is 5.08. The second-order valence-corrected chi connectivity index (χ2v) is 8.89. The van der Waals surface area contributed by atoms with Crippen LogP contribution in [0, 0.1) is 5.82 Å². The van der Waals surface area contributed by atoms with Crippen molar-refractivity contribution in [2.24, 2.45) is 7.05 Å². The van der Waals surface area contributed by atoms with E-state index in [0.29, 0.717) is 28.7 Å². The van der Waals surface area contributed by atoms with E-state index in [-0.39, 0.29) is 17.3 Å². The van der Waals surface area contributed by atoms with Crippen molar-refractivity contribution < 1.29 is 18.8 Å². The van der Waals surface area contributed by atoms with Crippen molar-refractivity contribution >= 4 is 35.0 Å². The minimum Gasteiger partial charge on any atom is -0.342 e. The zero-order chi connectivity index (χ0) is 24.8. The SMILES string of the molecule is CCC(Sc1nnc(C(C)NC(=O)c2ccccc2F)n1C)C(=O)Nc1cccc(C(C)=O)c1. The van der Waals surface area contributed by atoms with Gasteiger partial charge in [0, 0.05) is 18.3 Å². The number of halogens is 1. The lowest BCUT2D eigenvalue weighted by Gasteiger charge is -2.16. The summed E-state index contributed by atoms with van der Waals surface area (Å²) in [7, 11) is 1.74. The van der Waals surface area contributed by atoms with Gasteiger partial charge in [-0.2, -0.15) is 0 Å². The number of anilines is 1. The van der Waals surface area contributed by atoms with E-state index in [0.717, 1.165) is 0 Å². The maximum Gasteiger partial charge on any atom is 0.254 e. The van der Waals surface area contributed by atoms with Gasteiger partial charge in [0.05, 0.1) is 16.9 Å². The Morgan fingerprint density at radius 1 is 1.12 bits per heavy atom. The van der Waals surface area contributed by atoms with E-state index in [9.17, 15) is 18.8 Å². The fraction of sp³-hybridized carbons (Fsp3) is 0.292. The number of hydrogen-bond acceptors (Lipinski definition) is 6. The quantitative estimate of drug-likeness (QED) is 0.350. The molecule has 2 unspecified atom stereocenters. The number of nitrogens with one attached hydrogen (secondary N) is 2. The van der Waals surface area contributed by atoms with E-state index in [1.54, 1.807) is 48.9 Å². The molecule has 2 amide bonds. The number of amides is 2. The molecular weight excluding hydrogens is 457 g/mol. The molecule has 0 radical (unpaired) electrons. The molecule has 34 heavy (non-hydrogen) atoms. The van der Waals surface area contributed by atoms with Gasteiger partial charge in [-0.15, -0.1) is 10.2 Å². The number of rotatable bonds is 9. The van der Waals surface area contributed by atoms with Crippen LogP contribution in [0.4, 0.5) is 10.1 Å². The van der Waals surface area contributed by atoms with Crippen LogP contribution >= 0.6 is 11.8 Å². The first-order chi connectivity index (χ1) is 16.2. The molecule has 0 aliphatic rings. The Balaban J connectivity index is 1.68. The van der Waals surface area contributed by atoms with Gasteiger partial charge in [0.1, 0.15) is 5.82 Å².